The number of hydrogen-bond acceptors (Lipinski definition) is 4. The summed E-state index contributed by atoms with van der Waals surface area (Å²) >= 11 is 0. The van der Waals surface area contributed by atoms with E-state index in [1.807, 2.05) is 0 Å². The third kappa shape index (κ3) is 4.43. The first kappa shape index (κ1) is 16.3. The maximum Gasteiger partial charge on any atom is 0.240 e. The van der Waals surface area contributed by atoms with Crippen LogP contribution >= 0.6 is 0 Å². The Morgan fingerprint density at radius 3 is 2.48 bits per heavy atom. The summed E-state index contributed by atoms with van der Waals surface area (Å²) in [6, 6.07) is 6.35. The Hall–Kier alpha value is -1.11. The van der Waals surface area contributed by atoms with Gasteiger partial charge in [0.2, 0.25) is 10.0 Å². The summed E-state index contributed by atoms with van der Waals surface area (Å²) in [5.41, 5.74) is 0.112. The minimum atomic E-state index is -3.46. The molecule has 0 aliphatic heterocycles. The summed E-state index contributed by atoms with van der Waals surface area (Å²) in [6.07, 6.45) is 3.89. The Bertz CT molecular complexity index is 550. The van der Waals surface area contributed by atoms with Crippen LogP contribution in [-0.4, -0.2) is 33.3 Å². The van der Waals surface area contributed by atoms with Gasteiger partial charge in [-0.15, -0.1) is 0 Å². The maximum absolute atomic E-state index is 12.2. The molecule has 0 amide bonds. The first-order valence-corrected chi connectivity index (χ1v) is 8.77. The maximum atomic E-state index is 12.2. The SMILES string of the molecule is CC1(CNS(=O)(=O)c2ccc(OCCCO)cc2)CCC1. The van der Waals surface area contributed by atoms with Crippen molar-refractivity contribution in [2.75, 3.05) is 19.8 Å². The van der Waals surface area contributed by atoms with Gasteiger partial charge in [-0.05, 0) is 42.5 Å². The predicted octanol–water partition coefficient (Wildman–Crippen LogP) is 1.92. The highest BCUT2D eigenvalue weighted by atomic mass is 32.2. The zero-order valence-corrected chi connectivity index (χ0v) is 13.2. The Morgan fingerprint density at radius 1 is 1.29 bits per heavy atom. The van der Waals surface area contributed by atoms with Crippen LogP contribution in [0.15, 0.2) is 29.2 Å². The molecular formula is C15H23NO4S. The number of ether oxygens (including phenoxy) is 1. The molecule has 0 saturated heterocycles. The lowest BCUT2D eigenvalue weighted by Crippen LogP contribution is -2.39. The summed E-state index contributed by atoms with van der Waals surface area (Å²) < 4.78 is 32.5. The second-order valence-corrected chi connectivity index (χ2v) is 7.65. The van der Waals surface area contributed by atoms with Crippen molar-refractivity contribution >= 4 is 10.0 Å². The van der Waals surface area contributed by atoms with Gasteiger partial charge in [-0.1, -0.05) is 13.3 Å². The number of aliphatic hydroxyl groups excluding tert-OH is 1. The van der Waals surface area contributed by atoms with Gasteiger partial charge in [-0.3, -0.25) is 0 Å². The molecule has 118 valence electrons. The molecule has 1 aliphatic rings. The second-order valence-electron chi connectivity index (χ2n) is 5.89. The van der Waals surface area contributed by atoms with Crippen LogP contribution in [0.1, 0.15) is 32.6 Å². The van der Waals surface area contributed by atoms with Crippen LogP contribution in [0.5, 0.6) is 5.75 Å². The predicted molar refractivity (Wildman–Crippen MR) is 80.8 cm³/mol. The van der Waals surface area contributed by atoms with Crippen molar-refractivity contribution in [2.45, 2.75) is 37.5 Å². The molecule has 1 aromatic rings. The fourth-order valence-electron chi connectivity index (χ4n) is 2.28. The van der Waals surface area contributed by atoms with E-state index in [9.17, 15) is 8.42 Å². The lowest BCUT2D eigenvalue weighted by Gasteiger charge is -2.38. The first-order chi connectivity index (χ1) is 9.95. The summed E-state index contributed by atoms with van der Waals surface area (Å²) in [6.45, 7) is 3.09. The number of aliphatic hydroxyl groups is 1. The Balaban J connectivity index is 1.93. The van der Waals surface area contributed by atoms with Gasteiger partial charge in [0, 0.05) is 19.6 Å². The average molecular weight is 313 g/mol. The van der Waals surface area contributed by atoms with Crippen molar-refractivity contribution < 1.29 is 18.3 Å². The third-order valence-electron chi connectivity index (χ3n) is 3.95. The van der Waals surface area contributed by atoms with Gasteiger partial charge in [0.15, 0.2) is 0 Å². The van der Waals surface area contributed by atoms with Crippen molar-refractivity contribution in [1.82, 2.24) is 4.72 Å². The van der Waals surface area contributed by atoms with Crippen LogP contribution < -0.4 is 9.46 Å². The zero-order valence-electron chi connectivity index (χ0n) is 12.3. The van der Waals surface area contributed by atoms with E-state index in [-0.39, 0.29) is 16.9 Å². The number of benzene rings is 1. The lowest BCUT2D eigenvalue weighted by molar-refractivity contribution is 0.166. The van der Waals surface area contributed by atoms with Crippen LogP contribution in [0.3, 0.4) is 0 Å². The molecule has 0 heterocycles. The minimum Gasteiger partial charge on any atom is -0.494 e. The number of sulfonamides is 1. The lowest BCUT2D eigenvalue weighted by atomic mass is 9.71. The van der Waals surface area contributed by atoms with Gasteiger partial charge < -0.3 is 9.84 Å². The van der Waals surface area contributed by atoms with Gasteiger partial charge in [0.1, 0.15) is 5.75 Å². The van der Waals surface area contributed by atoms with Crippen molar-refractivity contribution in [3.63, 3.8) is 0 Å². The van der Waals surface area contributed by atoms with E-state index in [0.29, 0.717) is 25.3 Å². The van der Waals surface area contributed by atoms with Gasteiger partial charge in [-0.25, -0.2) is 13.1 Å². The molecule has 2 rings (SSSR count). The van der Waals surface area contributed by atoms with E-state index in [2.05, 4.69) is 11.6 Å². The van der Waals surface area contributed by atoms with Crippen LogP contribution in [-0.2, 0) is 10.0 Å². The van der Waals surface area contributed by atoms with Gasteiger partial charge in [-0.2, -0.15) is 0 Å². The minimum absolute atomic E-state index is 0.0785. The standard InChI is InChI=1S/C15H23NO4S/c1-15(8-2-9-15)12-16-21(18,19)14-6-4-13(5-7-14)20-11-3-10-17/h4-7,16-17H,2-3,8-12H2,1H3. The first-order valence-electron chi connectivity index (χ1n) is 7.29. The zero-order chi connectivity index (χ0) is 15.3. The molecule has 0 aromatic heterocycles. The average Bonchev–Trinajstić information content (AvgIpc) is 2.44. The molecule has 1 aliphatic carbocycles. The topological polar surface area (TPSA) is 75.6 Å². The molecule has 1 aromatic carbocycles. The van der Waals surface area contributed by atoms with Gasteiger partial charge in [0.25, 0.3) is 0 Å². The van der Waals surface area contributed by atoms with Crippen molar-refractivity contribution in [2.24, 2.45) is 5.41 Å². The molecule has 21 heavy (non-hydrogen) atoms. The molecule has 0 radical (unpaired) electrons. The van der Waals surface area contributed by atoms with E-state index in [1.54, 1.807) is 24.3 Å². The van der Waals surface area contributed by atoms with E-state index >= 15 is 0 Å². The molecule has 2 N–H and O–H groups in total. The van der Waals surface area contributed by atoms with Crippen molar-refractivity contribution in [1.29, 1.82) is 0 Å². The normalized spacial score (nSPS) is 17.2. The quantitative estimate of drug-likeness (QED) is 0.719. The fourth-order valence-corrected chi connectivity index (χ4v) is 3.48. The fraction of sp³-hybridized carbons (Fsp3) is 0.600. The molecule has 1 fully saturated rings. The summed E-state index contributed by atoms with van der Waals surface area (Å²) in [5.74, 6) is 0.605. The highest BCUT2D eigenvalue weighted by Crippen LogP contribution is 2.39. The smallest absolute Gasteiger partial charge is 0.240 e. The van der Waals surface area contributed by atoms with Crippen molar-refractivity contribution in [3.05, 3.63) is 24.3 Å². The van der Waals surface area contributed by atoms with Crippen molar-refractivity contribution in [3.8, 4) is 5.75 Å². The van der Waals surface area contributed by atoms with Crippen LogP contribution in [0.25, 0.3) is 0 Å². The van der Waals surface area contributed by atoms with Gasteiger partial charge in [0.05, 0.1) is 11.5 Å². The largest absolute Gasteiger partial charge is 0.494 e. The molecule has 1 saturated carbocycles. The molecule has 0 unspecified atom stereocenters. The van der Waals surface area contributed by atoms with Crippen LogP contribution in [0, 0.1) is 5.41 Å². The van der Waals surface area contributed by atoms with E-state index in [1.165, 1.54) is 6.42 Å². The Kier molecular flexibility index (Phi) is 5.24. The summed E-state index contributed by atoms with van der Waals surface area (Å²) in [7, 11) is -3.46. The molecule has 6 heteroatoms. The van der Waals surface area contributed by atoms with E-state index in [4.69, 9.17) is 9.84 Å². The van der Waals surface area contributed by atoms with Gasteiger partial charge >= 0.3 is 0 Å². The second kappa shape index (κ2) is 6.77. The Labute approximate surface area is 126 Å². The number of rotatable bonds is 8. The highest BCUT2D eigenvalue weighted by Gasteiger charge is 2.32. The molecule has 0 bridgehead atoms. The van der Waals surface area contributed by atoms with Crippen LogP contribution in [0.4, 0.5) is 0 Å². The molecule has 5 nitrogen and oxygen atoms in total. The summed E-state index contributed by atoms with van der Waals surface area (Å²) in [4.78, 5) is 0.250. The molecule has 0 atom stereocenters. The third-order valence-corrected chi connectivity index (χ3v) is 5.37. The monoisotopic (exact) mass is 313 g/mol. The van der Waals surface area contributed by atoms with E-state index < -0.39 is 10.0 Å². The van der Waals surface area contributed by atoms with E-state index in [0.717, 1.165) is 12.8 Å². The Morgan fingerprint density at radius 2 is 1.95 bits per heavy atom. The molecule has 0 spiro atoms. The summed E-state index contributed by atoms with van der Waals surface area (Å²) in [5, 5.41) is 8.68. The number of nitrogens with one attached hydrogen (secondary N) is 1. The van der Waals surface area contributed by atoms with Crippen LogP contribution in [0.2, 0.25) is 0 Å². The molecular weight excluding hydrogens is 290 g/mol. The number of hydrogen-bond donors (Lipinski definition) is 2. The highest BCUT2D eigenvalue weighted by molar-refractivity contribution is 7.89.